The highest BCUT2D eigenvalue weighted by molar-refractivity contribution is 6.02. The molecule has 110 valence electrons. The van der Waals surface area contributed by atoms with Crippen LogP contribution in [-0.4, -0.2) is 15.6 Å². The molecule has 1 aliphatic heterocycles. The number of nitrogens with one attached hydrogen (secondary N) is 1. The first-order valence-corrected chi connectivity index (χ1v) is 6.88. The molecule has 0 unspecified atom stereocenters. The Morgan fingerprint density at radius 2 is 2.19 bits per heavy atom. The van der Waals surface area contributed by atoms with Crippen molar-refractivity contribution in [3.63, 3.8) is 0 Å². The monoisotopic (exact) mass is 287 g/mol. The summed E-state index contributed by atoms with van der Waals surface area (Å²) in [4.78, 5) is 24.6. The first kappa shape index (κ1) is 13.6. The zero-order valence-electron chi connectivity index (χ0n) is 12.3. The van der Waals surface area contributed by atoms with Crippen molar-refractivity contribution in [2.75, 3.05) is 5.32 Å². The van der Waals surface area contributed by atoms with E-state index < -0.39 is 5.91 Å². The number of hydrogen-bond donors (Lipinski definition) is 1. The normalized spacial score (nSPS) is 15.8. The average molecular weight is 287 g/mol. The van der Waals surface area contributed by atoms with Crippen molar-refractivity contribution in [3.8, 4) is 0 Å². The molecule has 6 nitrogen and oxygen atoms in total. The van der Waals surface area contributed by atoms with Crippen LogP contribution in [0.4, 0.5) is 5.69 Å². The van der Waals surface area contributed by atoms with Gasteiger partial charge in [-0.15, -0.1) is 0 Å². The van der Waals surface area contributed by atoms with Gasteiger partial charge in [-0.2, -0.15) is 0 Å². The molecule has 0 radical (unpaired) electrons. The van der Waals surface area contributed by atoms with Gasteiger partial charge >= 0.3 is 0 Å². The molecule has 1 amide bonds. The zero-order chi connectivity index (χ0) is 15.2. The molecule has 0 spiro atoms. The number of amides is 1. The van der Waals surface area contributed by atoms with Crippen LogP contribution in [0.5, 0.6) is 0 Å². The summed E-state index contributed by atoms with van der Waals surface area (Å²) in [6, 6.07) is 5.07. The highest BCUT2D eigenvalue weighted by Crippen LogP contribution is 2.29. The second-order valence-electron chi connectivity index (χ2n) is 5.97. The van der Waals surface area contributed by atoms with Crippen molar-refractivity contribution in [2.45, 2.75) is 39.2 Å². The predicted octanol–water partition coefficient (Wildman–Crippen LogP) is 2.08. The lowest BCUT2D eigenvalue weighted by Crippen LogP contribution is -2.35. The van der Waals surface area contributed by atoms with E-state index in [9.17, 15) is 9.59 Å². The van der Waals surface area contributed by atoms with Gasteiger partial charge in [0.15, 0.2) is 5.69 Å². The van der Waals surface area contributed by atoms with E-state index in [1.807, 2.05) is 19.9 Å². The molecular weight excluding hydrogens is 270 g/mol. The average Bonchev–Trinajstić information content (AvgIpc) is 2.97. The third-order valence-electron chi connectivity index (χ3n) is 3.87. The topological polar surface area (TPSA) is 77.1 Å². The van der Waals surface area contributed by atoms with Gasteiger partial charge in [0.1, 0.15) is 11.4 Å². The van der Waals surface area contributed by atoms with Gasteiger partial charge in [0.05, 0.1) is 0 Å². The van der Waals surface area contributed by atoms with Gasteiger partial charge in [0, 0.05) is 17.3 Å². The van der Waals surface area contributed by atoms with Crippen molar-refractivity contribution < 1.29 is 9.32 Å². The lowest BCUT2D eigenvalue weighted by molar-refractivity contribution is 0.101. The van der Waals surface area contributed by atoms with E-state index in [0.29, 0.717) is 5.76 Å². The quantitative estimate of drug-likeness (QED) is 0.917. The number of rotatable bonds is 2. The molecule has 2 aromatic heterocycles. The maximum atomic E-state index is 12.6. The fraction of sp³-hybridized carbons (Fsp3) is 0.400. The molecule has 3 heterocycles. The molecule has 0 bridgehead atoms. The number of anilines is 1. The summed E-state index contributed by atoms with van der Waals surface area (Å²) in [6.07, 6.45) is 1.79. The number of hydrogen-bond acceptors (Lipinski definition) is 4. The van der Waals surface area contributed by atoms with E-state index in [2.05, 4.69) is 10.5 Å². The van der Waals surface area contributed by atoms with Crippen LogP contribution in [0.25, 0.3) is 0 Å². The second kappa shape index (κ2) is 4.58. The first-order chi connectivity index (χ1) is 9.88. The molecule has 0 saturated carbocycles. The third-order valence-corrected chi connectivity index (χ3v) is 3.87. The van der Waals surface area contributed by atoms with E-state index >= 15 is 0 Å². The van der Waals surface area contributed by atoms with Gasteiger partial charge in [-0.3, -0.25) is 9.59 Å². The lowest BCUT2D eigenvalue weighted by atomic mass is 10.0. The Kier molecular flexibility index (Phi) is 2.97. The van der Waals surface area contributed by atoms with Crippen molar-refractivity contribution in [3.05, 3.63) is 45.7 Å². The van der Waals surface area contributed by atoms with Gasteiger partial charge in [-0.05, 0) is 45.7 Å². The standard InChI is InChI=1S/C15H17N3O3/c1-9-8-12(17-21-9)13(19)16-11-5-4-10-6-7-15(2,3)18(10)14(11)20/h4-5,8H,6-7H2,1-3H3,(H,16,19). The van der Waals surface area contributed by atoms with Crippen LogP contribution in [0.15, 0.2) is 27.5 Å². The minimum Gasteiger partial charge on any atom is -0.361 e. The van der Waals surface area contributed by atoms with Crippen LogP contribution in [0.2, 0.25) is 0 Å². The zero-order valence-corrected chi connectivity index (χ0v) is 12.3. The summed E-state index contributed by atoms with van der Waals surface area (Å²) in [5, 5.41) is 6.26. The number of fused-ring (bicyclic) bond motifs is 1. The lowest BCUT2D eigenvalue weighted by Gasteiger charge is -2.22. The Bertz CT molecular complexity index is 771. The summed E-state index contributed by atoms with van der Waals surface area (Å²) < 4.78 is 6.63. The number of carbonyl (C=O) groups excluding carboxylic acids is 1. The van der Waals surface area contributed by atoms with E-state index in [-0.39, 0.29) is 22.5 Å². The van der Waals surface area contributed by atoms with Crippen LogP contribution < -0.4 is 10.9 Å². The fourth-order valence-electron chi connectivity index (χ4n) is 2.74. The van der Waals surface area contributed by atoms with E-state index in [1.165, 1.54) is 6.07 Å². The number of pyridine rings is 1. The summed E-state index contributed by atoms with van der Waals surface area (Å²) >= 11 is 0. The van der Waals surface area contributed by atoms with Gasteiger partial charge in [0.25, 0.3) is 11.5 Å². The highest BCUT2D eigenvalue weighted by Gasteiger charge is 2.31. The van der Waals surface area contributed by atoms with Crippen molar-refractivity contribution in [1.29, 1.82) is 0 Å². The highest BCUT2D eigenvalue weighted by atomic mass is 16.5. The van der Waals surface area contributed by atoms with Crippen molar-refractivity contribution in [2.24, 2.45) is 0 Å². The van der Waals surface area contributed by atoms with Crippen LogP contribution in [0.3, 0.4) is 0 Å². The number of carbonyl (C=O) groups is 1. The van der Waals surface area contributed by atoms with Crippen LogP contribution in [-0.2, 0) is 12.0 Å². The minimum atomic E-state index is -0.444. The maximum absolute atomic E-state index is 12.6. The Balaban J connectivity index is 1.95. The van der Waals surface area contributed by atoms with Crippen LogP contribution in [0, 0.1) is 6.92 Å². The fourth-order valence-corrected chi connectivity index (χ4v) is 2.74. The smallest absolute Gasteiger partial charge is 0.278 e. The van der Waals surface area contributed by atoms with Crippen molar-refractivity contribution in [1.82, 2.24) is 9.72 Å². The summed E-state index contributed by atoms with van der Waals surface area (Å²) in [7, 11) is 0. The summed E-state index contributed by atoms with van der Waals surface area (Å²) in [6.45, 7) is 5.76. The molecule has 21 heavy (non-hydrogen) atoms. The molecule has 1 aliphatic rings. The maximum Gasteiger partial charge on any atom is 0.278 e. The Morgan fingerprint density at radius 1 is 1.43 bits per heavy atom. The number of aryl methyl sites for hydroxylation is 2. The summed E-state index contributed by atoms with van der Waals surface area (Å²) in [5.74, 6) is 0.104. The number of aromatic nitrogens is 2. The molecule has 0 fully saturated rings. The Labute approximate surface area is 121 Å². The SMILES string of the molecule is Cc1cc(C(=O)Nc2ccc3n(c2=O)C(C)(C)CC3)no1. The molecule has 0 atom stereocenters. The van der Waals surface area contributed by atoms with Gasteiger partial charge < -0.3 is 14.4 Å². The van der Waals surface area contributed by atoms with E-state index in [0.717, 1.165) is 18.5 Å². The Hall–Kier alpha value is -2.37. The van der Waals surface area contributed by atoms with E-state index in [4.69, 9.17) is 4.52 Å². The molecule has 2 aromatic rings. The first-order valence-electron chi connectivity index (χ1n) is 6.88. The molecule has 1 N–H and O–H groups in total. The molecule has 0 aliphatic carbocycles. The molecule has 6 heteroatoms. The van der Waals surface area contributed by atoms with E-state index in [1.54, 1.807) is 17.6 Å². The second-order valence-corrected chi connectivity index (χ2v) is 5.97. The van der Waals surface area contributed by atoms with Gasteiger partial charge in [-0.1, -0.05) is 5.16 Å². The molecule has 0 saturated heterocycles. The molecule has 3 rings (SSSR count). The van der Waals surface area contributed by atoms with Crippen LogP contribution >= 0.6 is 0 Å². The predicted molar refractivity (Wildman–Crippen MR) is 77.5 cm³/mol. The third kappa shape index (κ3) is 2.26. The molecular formula is C15H17N3O3. The van der Waals surface area contributed by atoms with Gasteiger partial charge in [-0.25, -0.2) is 0 Å². The van der Waals surface area contributed by atoms with Crippen LogP contribution in [0.1, 0.15) is 42.2 Å². The largest absolute Gasteiger partial charge is 0.361 e. The number of nitrogens with zero attached hydrogens (tertiary/aromatic N) is 2. The minimum absolute atomic E-state index is 0.164. The summed E-state index contributed by atoms with van der Waals surface area (Å²) in [5.41, 5.74) is 1.03. The van der Waals surface area contributed by atoms with Gasteiger partial charge in [0.2, 0.25) is 0 Å². The molecule has 0 aromatic carbocycles. The van der Waals surface area contributed by atoms with Crippen molar-refractivity contribution >= 4 is 11.6 Å². The Morgan fingerprint density at radius 3 is 2.86 bits per heavy atom.